The summed E-state index contributed by atoms with van der Waals surface area (Å²) < 4.78 is 50.9. The Labute approximate surface area is 151 Å². The van der Waals surface area contributed by atoms with Gasteiger partial charge in [-0.05, 0) is 42.3 Å². The van der Waals surface area contributed by atoms with Gasteiger partial charge in [-0.3, -0.25) is 4.79 Å². The Hall–Kier alpha value is -2.32. The summed E-state index contributed by atoms with van der Waals surface area (Å²) in [6.45, 7) is 1.30. The van der Waals surface area contributed by atoms with E-state index < -0.39 is 27.8 Å². The van der Waals surface area contributed by atoms with Crippen LogP contribution in [0.25, 0.3) is 0 Å². The minimum Gasteiger partial charge on any atom is -0.348 e. The first kappa shape index (κ1) is 20.0. The number of sulfonamides is 1. The molecule has 0 unspecified atom stereocenters. The molecule has 0 bridgehead atoms. The molecule has 0 saturated carbocycles. The molecule has 0 saturated heterocycles. The molecule has 2 aromatic carbocycles. The van der Waals surface area contributed by atoms with Gasteiger partial charge in [0.15, 0.2) is 0 Å². The third-order valence-electron chi connectivity index (χ3n) is 3.81. The molecule has 0 radical (unpaired) electrons. The van der Waals surface area contributed by atoms with E-state index in [1.54, 1.807) is 19.1 Å². The average Bonchev–Trinajstić information content (AvgIpc) is 2.56. The zero-order chi connectivity index (χ0) is 19.3. The van der Waals surface area contributed by atoms with Crippen molar-refractivity contribution in [1.29, 1.82) is 0 Å². The highest BCUT2D eigenvalue weighted by Crippen LogP contribution is 2.14. The van der Waals surface area contributed by atoms with Crippen molar-refractivity contribution in [3.8, 4) is 0 Å². The maximum atomic E-state index is 13.0. The number of carbonyl (C=O) groups excluding carboxylic acids is 1. The zero-order valence-corrected chi connectivity index (χ0v) is 15.3. The molecule has 1 amide bonds. The molecule has 0 heterocycles. The number of halogens is 2. The molecule has 2 rings (SSSR count). The second-order valence-corrected chi connectivity index (χ2v) is 7.98. The number of nitrogens with zero attached hydrogens (tertiary/aromatic N) is 1. The molecule has 26 heavy (non-hydrogen) atoms. The van der Waals surface area contributed by atoms with Gasteiger partial charge >= 0.3 is 0 Å². The Morgan fingerprint density at radius 3 is 2.04 bits per heavy atom. The molecule has 1 atom stereocenters. The van der Waals surface area contributed by atoms with Crippen LogP contribution in [0.3, 0.4) is 0 Å². The van der Waals surface area contributed by atoms with Crippen LogP contribution in [-0.4, -0.2) is 31.4 Å². The SMILES string of the molecule is C[C@@H](NC(=O)CN(Cc1ccc(F)cc1)S(C)(=O)=O)c1ccc(F)cc1. The second-order valence-electron chi connectivity index (χ2n) is 6.00. The largest absolute Gasteiger partial charge is 0.348 e. The van der Waals surface area contributed by atoms with E-state index in [4.69, 9.17) is 0 Å². The van der Waals surface area contributed by atoms with Gasteiger partial charge in [0.05, 0.1) is 18.8 Å². The number of benzene rings is 2. The fraction of sp³-hybridized carbons (Fsp3) is 0.278. The summed E-state index contributed by atoms with van der Waals surface area (Å²) >= 11 is 0. The quantitative estimate of drug-likeness (QED) is 0.801. The maximum Gasteiger partial charge on any atom is 0.235 e. The Morgan fingerprint density at radius 1 is 1.04 bits per heavy atom. The maximum absolute atomic E-state index is 13.0. The molecule has 0 fully saturated rings. The first-order chi connectivity index (χ1) is 12.1. The highest BCUT2D eigenvalue weighted by atomic mass is 32.2. The van der Waals surface area contributed by atoms with Crippen molar-refractivity contribution in [3.63, 3.8) is 0 Å². The molecule has 0 aliphatic rings. The van der Waals surface area contributed by atoms with E-state index >= 15 is 0 Å². The second kappa shape index (κ2) is 8.37. The fourth-order valence-electron chi connectivity index (χ4n) is 2.37. The average molecular weight is 382 g/mol. The normalized spacial score (nSPS) is 12.8. The van der Waals surface area contributed by atoms with Crippen molar-refractivity contribution in [2.45, 2.75) is 19.5 Å². The van der Waals surface area contributed by atoms with Crippen LogP contribution in [0.5, 0.6) is 0 Å². The van der Waals surface area contributed by atoms with Crippen LogP contribution >= 0.6 is 0 Å². The lowest BCUT2D eigenvalue weighted by atomic mass is 10.1. The van der Waals surface area contributed by atoms with E-state index in [1.807, 2.05) is 0 Å². The van der Waals surface area contributed by atoms with E-state index in [0.29, 0.717) is 11.1 Å². The third-order valence-corrected chi connectivity index (χ3v) is 5.00. The predicted molar refractivity (Wildman–Crippen MR) is 94.6 cm³/mol. The lowest BCUT2D eigenvalue weighted by Crippen LogP contribution is -2.40. The third kappa shape index (κ3) is 5.89. The van der Waals surface area contributed by atoms with E-state index in [-0.39, 0.29) is 18.9 Å². The standard InChI is InChI=1S/C18H20F2N2O3S/c1-13(15-5-9-17(20)10-6-15)21-18(23)12-22(26(2,24)25)11-14-3-7-16(19)8-4-14/h3-10,13H,11-12H2,1-2H3,(H,21,23)/t13-/m1/s1. The van der Waals surface area contributed by atoms with Gasteiger partial charge in [0.2, 0.25) is 15.9 Å². The van der Waals surface area contributed by atoms with Crippen molar-refractivity contribution >= 4 is 15.9 Å². The highest BCUT2D eigenvalue weighted by molar-refractivity contribution is 7.88. The summed E-state index contributed by atoms with van der Waals surface area (Å²) in [5.74, 6) is -1.30. The summed E-state index contributed by atoms with van der Waals surface area (Å²) in [7, 11) is -3.65. The number of hydrogen-bond donors (Lipinski definition) is 1. The lowest BCUT2D eigenvalue weighted by Gasteiger charge is -2.21. The lowest BCUT2D eigenvalue weighted by molar-refractivity contribution is -0.122. The van der Waals surface area contributed by atoms with E-state index in [9.17, 15) is 22.0 Å². The molecule has 0 spiro atoms. The zero-order valence-electron chi connectivity index (χ0n) is 14.4. The first-order valence-corrected chi connectivity index (χ1v) is 9.74. The Balaban J connectivity index is 2.04. The van der Waals surface area contributed by atoms with Crippen molar-refractivity contribution in [3.05, 3.63) is 71.3 Å². The topological polar surface area (TPSA) is 66.5 Å². The Kier molecular flexibility index (Phi) is 6.44. The number of rotatable bonds is 7. The molecule has 0 aliphatic carbocycles. The van der Waals surface area contributed by atoms with Crippen LogP contribution in [0.15, 0.2) is 48.5 Å². The molecule has 0 aliphatic heterocycles. The summed E-state index contributed by atoms with van der Waals surface area (Å²) in [6, 6.07) is 10.7. The molecule has 140 valence electrons. The molecule has 5 nitrogen and oxygen atoms in total. The van der Waals surface area contributed by atoms with Crippen molar-refractivity contribution < 1.29 is 22.0 Å². The highest BCUT2D eigenvalue weighted by Gasteiger charge is 2.21. The van der Waals surface area contributed by atoms with Crippen LogP contribution in [0.4, 0.5) is 8.78 Å². The van der Waals surface area contributed by atoms with Gasteiger partial charge in [-0.25, -0.2) is 17.2 Å². The van der Waals surface area contributed by atoms with Gasteiger partial charge in [-0.1, -0.05) is 24.3 Å². The van der Waals surface area contributed by atoms with Crippen LogP contribution in [-0.2, 0) is 21.4 Å². The number of nitrogens with one attached hydrogen (secondary N) is 1. The molecular formula is C18H20F2N2O3S. The minimum absolute atomic E-state index is 0.0442. The summed E-state index contributed by atoms with van der Waals surface area (Å²) in [5.41, 5.74) is 1.26. The first-order valence-electron chi connectivity index (χ1n) is 7.89. The van der Waals surface area contributed by atoms with Crippen molar-refractivity contribution in [1.82, 2.24) is 9.62 Å². The number of carbonyl (C=O) groups is 1. The van der Waals surface area contributed by atoms with E-state index in [0.717, 1.165) is 10.6 Å². The fourth-order valence-corrected chi connectivity index (χ4v) is 3.10. The number of hydrogen-bond acceptors (Lipinski definition) is 3. The van der Waals surface area contributed by atoms with Crippen molar-refractivity contribution in [2.24, 2.45) is 0 Å². The molecule has 0 aromatic heterocycles. The molecule has 1 N–H and O–H groups in total. The Morgan fingerprint density at radius 2 is 1.54 bits per heavy atom. The molecule has 2 aromatic rings. The summed E-state index contributed by atoms with van der Waals surface area (Å²) in [5, 5.41) is 2.69. The van der Waals surface area contributed by atoms with Gasteiger partial charge in [0.25, 0.3) is 0 Å². The van der Waals surface area contributed by atoms with Gasteiger partial charge < -0.3 is 5.32 Å². The monoisotopic (exact) mass is 382 g/mol. The van der Waals surface area contributed by atoms with Gasteiger partial charge in [-0.2, -0.15) is 4.31 Å². The van der Waals surface area contributed by atoms with Gasteiger partial charge in [-0.15, -0.1) is 0 Å². The molecular weight excluding hydrogens is 362 g/mol. The van der Waals surface area contributed by atoms with Crippen LogP contribution < -0.4 is 5.32 Å². The van der Waals surface area contributed by atoms with Crippen LogP contribution in [0.2, 0.25) is 0 Å². The van der Waals surface area contributed by atoms with Crippen LogP contribution in [0.1, 0.15) is 24.1 Å². The minimum atomic E-state index is -3.65. The molecule has 8 heteroatoms. The van der Waals surface area contributed by atoms with Gasteiger partial charge in [0.1, 0.15) is 11.6 Å². The predicted octanol–water partition coefficient (Wildman–Crippen LogP) is 2.60. The van der Waals surface area contributed by atoms with Gasteiger partial charge in [0, 0.05) is 6.54 Å². The smallest absolute Gasteiger partial charge is 0.235 e. The summed E-state index contributed by atoms with van der Waals surface area (Å²) in [4.78, 5) is 12.2. The van der Waals surface area contributed by atoms with E-state index in [2.05, 4.69) is 5.32 Å². The number of amides is 1. The summed E-state index contributed by atoms with van der Waals surface area (Å²) in [6.07, 6.45) is 1.01. The Bertz CT molecular complexity index is 853. The van der Waals surface area contributed by atoms with Crippen molar-refractivity contribution in [2.75, 3.05) is 12.8 Å². The van der Waals surface area contributed by atoms with Crippen LogP contribution in [0, 0.1) is 11.6 Å². The van der Waals surface area contributed by atoms with E-state index in [1.165, 1.54) is 36.4 Å².